The molecule has 0 amide bonds. The van der Waals surface area contributed by atoms with E-state index in [1.54, 1.807) is 13.3 Å². The fourth-order valence-electron chi connectivity index (χ4n) is 1.34. The third kappa shape index (κ3) is 2.47. The van der Waals surface area contributed by atoms with Crippen LogP contribution in [-0.2, 0) is 6.42 Å². The van der Waals surface area contributed by atoms with Crippen LogP contribution in [0.1, 0.15) is 5.82 Å². The molecule has 0 radical (unpaired) electrons. The van der Waals surface area contributed by atoms with E-state index in [0.717, 1.165) is 30.4 Å². The number of ether oxygens (including phenoxy) is 1. The van der Waals surface area contributed by atoms with Gasteiger partial charge in [-0.2, -0.15) is 5.10 Å². The lowest BCUT2D eigenvalue weighted by atomic mass is 10.4. The lowest BCUT2D eigenvalue weighted by Gasteiger charge is -2.08. The molecule has 6 nitrogen and oxygen atoms in total. The summed E-state index contributed by atoms with van der Waals surface area (Å²) in [6, 6.07) is 3.70. The summed E-state index contributed by atoms with van der Waals surface area (Å²) in [7, 11) is 1.62. The van der Waals surface area contributed by atoms with Crippen LogP contribution < -0.4 is 10.1 Å². The number of rotatable bonds is 5. The van der Waals surface area contributed by atoms with Crippen LogP contribution >= 0.6 is 0 Å². The Kier molecular flexibility index (Phi) is 3.32. The van der Waals surface area contributed by atoms with E-state index in [1.165, 1.54) is 6.33 Å². The summed E-state index contributed by atoms with van der Waals surface area (Å²) in [5.41, 5.74) is 0. The Morgan fingerprint density at radius 3 is 3.12 bits per heavy atom. The first kappa shape index (κ1) is 10.4. The molecule has 2 aromatic heterocycles. The van der Waals surface area contributed by atoms with Crippen molar-refractivity contribution in [3.8, 4) is 5.75 Å². The van der Waals surface area contributed by atoms with Gasteiger partial charge in [-0.05, 0) is 12.1 Å². The van der Waals surface area contributed by atoms with Gasteiger partial charge in [0.1, 0.15) is 12.2 Å². The number of hydrogen-bond donors (Lipinski definition) is 2. The van der Waals surface area contributed by atoms with Crippen molar-refractivity contribution in [3.63, 3.8) is 0 Å². The predicted molar refractivity (Wildman–Crippen MR) is 59.4 cm³/mol. The third-order valence-corrected chi connectivity index (χ3v) is 2.11. The predicted octanol–water partition coefficient (Wildman–Crippen LogP) is 0.863. The van der Waals surface area contributed by atoms with Gasteiger partial charge in [0.05, 0.1) is 7.11 Å². The summed E-state index contributed by atoms with van der Waals surface area (Å²) in [5.74, 6) is 2.33. The molecule has 0 saturated heterocycles. The lowest BCUT2D eigenvalue weighted by molar-refractivity contribution is 0.415. The van der Waals surface area contributed by atoms with E-state index < -0.39 is 0 Å². The molecule has 6 heteroatoms. The number of hydrogen-bond acceptors (Lipinski definition) is 5. The van der Waals surface area contributed by atoms with Crippen LogP contribution in [0.5, 0.6) is 5.75 Å². The van der Waals surface area contributed by atoms with Gasteiger partial charge in [0.25, 0.3) is 0 Å². The zero-order valence-electron chi connectivity index (χ0n) is 8.97. The van der Waals surface area contributed by atoms with Crippen molar-refractivity contribution in [2.75, 3.05) is 19.0 Å². The second-order valence-electron chi connectivity index (χ2n) is 3.16. The zero-order chi connectivity index (χ0) is 11.2. The summed E-state index contributed by atoms with van der Waals surface area (Å²) >= 11 is 0. The van der Waals surface area contributed by atoms with E-state index in [4.69, 9.17) is 4.74 Å². The first-order valence-corrected chi connectivity index (χ1v) is 4.97. The number of anilines is 1. The highest BCUT2D eigenvalue weighted by Crippen LogP contribution is 2.19. The minimum absolute atomic E-state index is 0.725. The fourth-order valence-corrected chi connectivity index (χ4v) is 1.34. The number of H-pyrrole nitrogens is 1. The number of aromatic amines is 1. The molecule has 0 aliphatic heterocycles. The topological polar surface area (TPSA) is 75.7 Å². The molecule has 0 fully saturated rings. The monoisotopic (exact) mass is 219 g/mol. The van der Waals surface area contributed by atoms with E-state index in [9.17, 15) is 0 Å². The Morgan fingerprint density at radius 2 is 2.38 bits per heavy atom. The molecule has 2 N–H and O–H groups in total. The number of pyridine rings is 1. The molecule has 0 aliphatic carbocycles. The van der Waals surface area contributed by atoms with Crippen molar-refractivity contribution < 1.29 is 4.74 Å². The first-order chi connectivity index (χ1) is 7.90. The lowest BCUT2D eigenvalue weighted by Crippen LogP contribution is -2.08. The molecule has 0 aromatic carbocycles. The largest absolute Gasteiger partial charge is 0.493 e. The number of nitrogens with one attached hydrogen (secondary N) is 2. The van der Waals surface area contributed by atoms with E-state index >= 15 is 0 Å². The quantitative estimate of drug-likeness (QED) is 0.780. The van der Waals surface area contributed by atoms with Crippen molar-refractivity contribution in [3.05, 3.63) is 30.5 Å². The van der Waals surface area contributed by atoms with Crippen LogP contribution in [-0.4, -0.2) is 33.8 Å². The number of aromatic nitrogens is 4. The van der Waals surface area contributed by atoms with Crippen LogP contribution in [0.3, 0.4) is 0 Å². The fraction of sp³-hybridized carbons (Fsp3) is 0.300. The number of methoxy groups -OCH3 is 1. The average Bonchev–Trinajstić information content (AvgIpc) is 2.83. The van der Waals surface area contributed by atoms with Gasteiger partial charge in [-0.3, -0.25) is 5.10 Å². The Balaban J connectivity index is 1.89. The highest BCUT2D eigenvalue weighted by atomic mass is 16.5. The van der Waals surface area contributed by atoms with Crippen LogP contribution in [0.2, 0.25) is 0 Å². The third-order valence-electron chi connectivity index (χ3n) is 2.11. The Hall–Kier alpha value is -2.11. The Bertz CT molecular complexity index is 429. The van der Waals surface area contributed by atoms with Crippen LogP contribution in [0.4, 0.5) is 5.82 Å². The molecule has 2 heterocycles. The summed E-state index contributed by atoms with van der Waals surface area (Å²) in [4.78, 5) is 8.22. The molecular formula is C10H13N5O. The van der Waals surface area contributed by atoms with Gasteiger partial charge in [-0.25, -0.2) is 9.97 Å². The van der Waals surface area contributed by atoms with E-state index in [2.05, 4.69) is 25.5 Å². The SMILES string of the molecule is COc1cccnc1NCCc1ncn[nH]1. The second kappa shape index (κ2) is 5.11. The van der Waals surface area contributed by atoms with Gasteiger partial charge < -0.3 is 10.1 Å². The smallest absolute Gasteiger partial charge is 0.168 e. The van der Waals surface area contributed by atoms with Crippen molar-refractivity contribution in [2.24, 2.45) is 0 Å². The molecule has 0 saturated carbocycles. The van der Waals surface area contributed by atoms with Crippen LogP contribution in [0.15, 0.2) is 24.7 Å². The van der Waals surface area contributed by atoms with Gasteiger partial charge in [-0.1, -0.05) is 0 Å². The highest BCUT2D eigenvalue weighted by Gasteiger charge is 2.02. The Labute approximate surface area is 93.1 Å². The minimum atomic E-state index is 0.725. The standard InChI is InChI=1S/C10H13N5O/c1-16-8-3-2-5-11-10(8)12-6-4-9-13-7-14-15-9/h2-3,5,7H,4,6H2,1H3,(H,11,12)(H,13,14,15). The van der Waals surface area contributed by atoms with Gasteiger partial charge in [-0.15, -0.1) is 0 Å². The maximum Gasteiger partial charge on any atom is 0.168 e. The van der Waals surface area contributed by atoms with Gasteiger partial charge in [0, 0.05) is 19.2 Å². The minimum Gasteiger partial charge on any atom is -0.493 e. The second-order valence-corrected chi connectivity index (χ2v) is 3.16. The summed E-state index contributed by atoms with van der Waals surface area (Å²) < 4.78 is 5.17. The van der Waals surface area contributed by atoms with Crippen molar-refractivity contribution in [2.45, 2.75) is 6.42 Å². The van der Waals surface area contributed by atoms with Gasteiger partial charge in [0.15, 0.2) is 11.6 Å². The van der Waals surface area contributed by atoms with Crippen molar-refractivity contribution >= 4 is 5.82 Å². The molecule has 0 bridgehead atoms. The molecule has 2 rings (SSSR count). The molecular weight excluding hydrogens is 206 g/mol. The summed E-state index contributed by atoms with van der Waals surface area (Å²) in [6.07, 6.45) is 3.98. The highest BCUT2D eigenvalue weighted by molar-refractivity contribution is 5.49. The molecule has 0 aliphatic rings. The molecule has 84 valence electrons. The number of nitrogens with zero attached hydrogens (tertiary/aromatic N) is 3. The van der Waals surface area contributed by atoms with Crippen molar-refractivity contribution in [1.82, 2.24) is 20.2 Å². The maximum absolute atomic E-state index is 5.17. The van der Waals surface area contributed by atoms with E-state index in [0.29, 0.717) is 0 Å². The molecule has 0 spiro atoms. The van der Waals surface area contributed by atoms with E-state index in [1.807, 2.05) is 12.1 Å². The van der Waals surface area contributed by atoms with Crippen LogP contribution in [0.25, 0.3) is 0 Å². The summed E-state index contributed by atoms with van der Waals surface area (Å²) in [6.45, 7) is 0.725. The molecule has 0 atom stereocenters. The molecule has 0 unspecified atom stereocenters. The van der Waals surface area contributed by atoms with E-state index in [-0.39, 0.29) is 0 Å². The summed E-state index contributed by atoms with van der Waals surface area (Å²) in [5, 5.41) is 9.76. The van der Waals surface area contributed by atoms with Gasteiger partial charge in [0.2, 0.25) is 0 Å². The zero-order valence-corrected chi connectivity index (χ0v) is 8.97. The Morgan fingerprint density at radius 1 is 1.44 bits per heavy atom. The molecule has 16 heavy (non-hydrogen) atoms. The first-order valence-electron chi connectivity index (χ1n) is 4.97. The van der Waals surface area contributed by atoms with Gasteiger partial charge >= 0.3 is 0 Å². The maximum atomic E-state index is 5.17. The normalized spacial score (nSPS) is 10.1. The average molecular weight is 219 g/mol. The van der Waals surface area contributed by atoms with Crippen molar-refractivity contribution in [1.29, 1.82) is 0 Å². The molecule has 2 aromatic rings. The van der Waals surface area contributed by atoms with Crippen LogP contribution in [0, 0.1) is 0 Å².